The molecule has 2 aromatic carbocycles. The summed E-state index contributed by atoms with van der Waals surface area (Å²) in [5.41, 5.74) is 4.89. The standard InChI is InChI=1S/C18H22FN/c1-4-11-20-18(15-6-8-16(19)9-7-15)17-10-5-13(2)12-14(17)3/h5-10,12,18,20H,4,11H2,1-3H3. The average Bonchev–Trinajstić information content (AvgIpc) is 2.42. The van der Waals surface area contributed by atoms with Crippen LogP contribution in [0.5, 0.6) is 0 Å². The molecule has 0 radical (unpaired) electrons. The zero-order valence-electron chi connectivity index (χ0n) is 12.4. The number of rotatable bonds is 5. The van der Waals surface area contributed by atoms with E-state index in [1.807, 2.05) is 12.1 Å². The van der Waals surface area contributed by atoms with Crippen LogP contribution in [0.25, 0.3) is 0 Å². The summed E-state index contributed by atoms with van der Waals surface area (Å²) < 4.78 is 13.1. The van der Waals surface area contributed by atoms with Gasteiger partial charge in [-0.25, -0.2) is 4.39 Å². The van der Waals surface area contributed by atoms with Crippen molar-refractivity contribution >= 4 is 0 Å². The first-order valence-corrected chi connectivity index (χ1v) is 7.18. The number of halogens is 1. The molecule has 1 nitrogen and oxygen atoms in total. The predicted molar refractivity (Wildman–Crippen MR) is 82.5 cm³/mol. The molecule has 1 atom stereocenters. The maximum absolute atomic E-state index is 13.1. The van der Waals surface area contributed by atoms with E-state index in [1.54, 1.807) is 0 Å². The molecule has 0 heterocycles. The minimum Gasteiger partial charge on any atom is -0.306 e. The van der Waals surface area contributed by atoms with Gasteiger partial charge in [-0.3, -0.25) is 0 Å². The minimum atomic E-state index is -0.191. The molecule has 0 bridgehead atoms. The Balaban J connectivity index is 2.38. The summed E-state index contributed by atoms with van der Waals surface area (Å²) in [5.74, 6) is -0.191. The smallest absolute Gasteiger partial charge is 0.123 e. The van der Waals surface area contributed by atoms with Crippen LogP contribution in [-0.2, 0) is 0 Å². The molecule has 0 fully saturated rings. The lowest BCUT2D eigenvalue weighted by atomic mass is 9.93. The molecule has 1 unspecified atom stereocenters. The fourth-order valence-corrected chi connectivity index (χ4v) is 2.50. The van der Waals surface area contributed by atoms with Gasteiger partial charge in [0.25, 0.3) is 0 Å². The van der Waals surface area contributed by atoms with Crippen molar-refractivity contribution in [1.82, 2.24) is 5.32 Å². The molecule has 20 heavy (non-hydrogen) atoms. The van der Waals surface area contributed by atoms with Crippen molar-refractivity contribution in [2.45, 2.75) is 33.2 Å². The van der Waals surface area contributed by atoms with Crippen LogP contribution in [0.3, 0.4) is 0 Å². The van der Waals surface area contributed by atoms with Gasteiger partial charge in [0.15, 0.2) is 0 Å². The van der Waals surface area contributed by atoms with Gasteiger partial charge in [-0.15, -0.1) is 0 Å². The maximum Gasteiger partial charge on any atom is 0.123 e. The van der Waals surface area contributed by atoms with Crippen LogP contribution in [0.15, 0.2) is 42.5 Å². The van der Waals surface area contributed by atoms with Crippen molar-refractivity contribution in [3.8, 4) is 0 Å². The Morgan fingerprint density at radius 3 is 2.35 bits per heavy atom. The van der Waals surface area contributed by atoms with E-state index in [2.05, 4.69) is 44.3 Å². The molecule has 0 aromatic heterocycles. The van der Waals surface area contributed by atoms with Crippen LogP contribution >= 0.6 is 0 Å². The molecule has 2 rings (SSSR count). The zero-order valence-corrected chi connectivity index (χ0v) is 12.4. The fraction of sp³-hybridized carbons (Fsp3) is 0.333. The van der Waals surface area contributed by atoms with E-state index < -0.39 is 0 Å². The third-order valence-electron chi connectivity index (χ3n) is 3.54. The summed E-state index contributed by atoms with van der Waals surface area (Å²) in [7, 11) is 0. The van der Waals surface area contributed by atoms with Crippen LogP contribution in [0, 0.1) is 19.7 Å². The quantitative estimate of drug-likeness (QED) is 0.842. The molecule has 0 aliphatic carbocycles. The van der Waals surface area contributed by atoms with Gasteiger partial charge in [0.1, 0.15) is 5.82 Å². The van der Waals surface area contributed by atoms with Crippen molar-refractivity contribution in [3.05, 3.63) is 70.5 Å². The van der Waals surface area contributed by atoms with Gasteiger partial charge in [-0.1, -0.05) is 42.8 Å². The van der Waals surface area contributed by atoms with Crippen molar-refractivity contribution < 1.29 is 4.39 Å². The van der Waals surface area contributed by atoms with Crippen molar-refractivity contribution in [3.63, 3.8) is 0 Å². The fourth-order valence-electron chi connectivity index (χ4n) is 2.50. The van der Waals surface area contributed by atoms with Gasteiger partial charge in [0, 0.05) is 0 Å². The van der Waals surface area contributed by atoms with Gasteiger partial charge in [0.2, 0.25) is 0 Å². The number of nitrogens with one attached hydrogen (secondary N) is 1. The summed E-state index contributed by atoms with van der Waals surface area (Å²) in [4.78, 5) is 0. The molecular formula is C18H22FN. The summed E-state index contributed by atoms with van der Waals surface area (Å²) >= 11 is 0. The van der Waals surface area contributed by atoms with E-state index in [1.165, 1.54) is 28.8 Å². The lowest BCUT2D eigenvalue weighted by Gasteiger charge is -2.22. The molecule has 0 saturated carbocycles. The minimum absolute atomic E-state index is 0.121. The highest BCUT2D eigenvalue weighted by atomic mass is 19.1. The van der Waals surface area contributed by atoms with E-state index in [0.717, 1.165) is 18.5 Å². The van der Waals surface area contributed by atoms with Crippen LogP contribution in [-0.4, -0.2) is 6.54 Å². The highest BCUT2D eigenvalue weighted by Gasteiger charge is 2.15. The van der Waals surface area contributed by atoms with Gasteiger partial charge < -0.3 is 5.32 Å². The molecule has 0 aliphatic heterocycles. The lowest BCUT2D eigenvalue weighted by Crippen LogP contribution is -2.24. The molecule has 0 saturated heterocycles. The number of aryl methyl sites for hydroxylation is 2. The topological polar surface area (TPSA) is 12.0 Å². The third-order valence-corrected chi connectivity index (χ3v) is 3.54. The second-order valence-electron chi connectivity index (χ2n) is 5.30. The van der Waals surface area contributed by atoms with Crippen molar-refractivity contribution in [2.24, 2.45) is 0 Å². The Hall–Kier alpha value is -1.67. The highest BCUT2D eigenvalue weighted by molar-refractivity contribution is 5.38. The van der Waals surface area contributed by atoms with E-state index in [9.17, 15) is 4.39 Å². The summed E-state index contributed by atoms with van der Waals surface area (Å²) in [6.45, 7) is 7.32. The predicted octanol–water partition coefficient (Wildman–Crippen LogP) is 4.53. The van der Waals surface area contributed by atoms with Crippen LogP contribution in [0.1, 0.15) is 41.6 Å². The molecule has 2 heteroatoms. The van der Waals surface area contributed by atoms with E-state index in [-0.39, 0.29) is 11.9 Å². The van der Waals surface area contributed by atoms with Crippen LogP contribution < -0.4 is 5.32 Å². The van der Waals surface area contributed by atoms with Crippen molar-refractivity contribution in [2.75, 3.05) is 6.54 Å². The molecule has 0 spiro atoms. The van der Waals surface area contributed by atoms with Crippen LogP contribution in [0.4, 0.5) is 4.39 Å². The highest BCUT2D eigenvalue weighted by Crippen LogP contribution is 2.26. The van der Waals surface area contributed by atoms with E-state index in [4.69, 9.17) is 0 Å². The van der Waals surface area contributed by atoms with Crippen molar-refractivity contribution in [1.29, 1.82) is 0 Å². The molecule has 0 aliphatic rings. The normalized spacial score (nSPS) is 12.4. The maximum atomic E-state index is 13.1. The zero-order chi connectivity index (χ0) is 14.5. The van der Waals surface area contributed by atoms with Gasteiger partial charge in [-0.05, 0) is 55.6 Å². The molecule has 2 aromatic rings. The summed E-state index contributed by atoms with van der Waals surface area (Å²) in [6, 6.07) is 13.4. The Labute approximate surface area is 120 Å². The number of benzene rings is 2. The summed E-state index contributed by atoms with van der Waals surface area (Å²) in [5, 5.41) is 3.56. The molecule has 106 valence electrons. The largest absolute Gasteiger partial charge is 0.306 e. The SMILES string of the molecule is CCCNC(c1ccc(F)cc1)c1ccc(C)cc1C. The second-order valence-corrected chi connectivity index (χ2v) is 5.30. The van der Waals surface area contributed by atoms with Gasteiger partial charge >= 0.3 is 0 Å². The Kier molecular flexibility index (Phi) is 4.91. The Morgan fingerprint density at radius 2 is 1.75 bits per heavy atom. The molecule has 1 N–H and O–H groups in total. The van der Waals surface area contributed by atoms with Crippen LogP contribution in [0.2, 0.25) is 0 Å². The second kappa shape index (κ2) is 6.67. The van der Waals surface area contributed by atoms with Gasteiger partial charge in [0.05, 0.1) is 6.04 Å². The average molecular weight is 271 g/mol. The lowest BCUT2D eigenvalue weighted by molar-refractivity contribution is 0.591. The summed E-state index contributed by atoms with van der Waals surface area (Å²) in [6.07, 6.45) is 1.07. The Morgan fingerprint density at radius 1 is 1.05 bits per heavy atom. The monoisotopic (exact) mass is 271 g/mol. The first kappa shape index (κ1) is 14.7. The van der Waals surface area contributed by atoms with Gasteiger partial charge in [-0.2, -0.15) is 0 Å². The molecular weight excluding hydrogens is 249 g/mol. The number of hydrogen-bond donors (Lipinski definition) is 1. The Bertz CT molecular complexity index is 560. The first-order chi connectivity index (χ1) is 9.61. The first-order valence-electron chi connectivity index (χ1n) is 7.18. The number of hydrogen-bond acceptors (Lipinski definition) is 1. The molecule has 0 amide bonds. The van der Waals surface area contributed by atoms with E-state index in [0.29, 0.717) is 0 Å². The van der Waals surface area contributed by atoms with E-state index >= 15 is 0 Å². The third kappa shape index (κ3) is 3.45.